The van der Waals surface area contributed by atoms with Gasteiger partial charge in [0.05, 0.1) is 12.3 Å². The lowest BCUT2D eigenvalue weighted by Crippen LogP contribution is -2.11. The van der Waals surface area contributed by atoms with E-state index in [0.29, 0.717) is 12.3 Å². The van der Waals surface area contributed by atoms with E-state index in [-0.39, 0.29) is 5.69 Å². The first-order valence-electron chi connectivity index (χ1n) is 5.54. The van der Waals surface area contributed by atoms with E-state index < -0.39 is 5.97 Å². The average Bonchev–Trinajstić information content (AvgIpc) is 2.37. The molecule has 2 rings (SSSR count). The maximum absolute atomic E-state index is 11.7. The molecule has 0 bridgehead atoms. The highest BCUT2D eigenvalue weighted by atomic mass is 16.5. The lowest BCUT2D eigenvalue weighted by Gasteiger charge is -2.07. The van der Waals surface area contributed by atoms with Crippen molar-refractivity contribution in [3.8, 4) is 0 Å². The zero-order valence-electron chi connectivity index (χ0n) is 9.64. The molecule has 0 spiro atoms. The maximum atomic E-state index is 11.7. The van der Waals surface area contributed by atoms with E-state index >= 15 is 0 Å². The van der Waals surface area contributed by atoms with Crippen molar-refractivity contribution in [2.75, 3.05) is 12.3 Å². The van der Waals surface area contributed by atoms with Crippen molar-refractivity contribution in [1.29, 1.82) is 0 Å². The van der Waals surface area contributed by atoms with Crippen LogP contribution in [0.15, 0.2) is 30.5 Å². The minimum absolute atomic E-state index is 0.192. The first-order chi connectivity index (χ1) is 8.24. The van der Waals surface area contributed by atoms with Crippen LogP contribution in [0.3, 0.4) is 0 Å². The Hall–Kier alpha value is -2.10. The monoisotopic (exact) mass is 230 g/mol. The largest absolute Gasteiger partial charge is 0.461 e. The van der Waals surface area contributed by atoms with Gasteiger partial charge in [0.25, 0.3) is 0 Å². The molecule has 1 heterocycles. The SMILES string of the molecule is CCCOC(=O)c1ncc2ccccc2c1N. The number of rotatable bonds is 3. The van der Waals surface area contributed by atoms with Crippen molar-refractivity contribution in [3.05, 3.63) is 36.2 Å². The second kappa shape index (κ2) is 4.82. The van der Waals surface area contributed by atoms with Gasteiger partial charge in [-0.1, -0.05) is 31.2 Å². The smallest absolute Gasteiger partial charge is 0.359 e. The number of nitrogens with two attached hydrogens (primary N) is 1. The Balaban J connectivity index is 2.42. The van der Waals surface area contributed by atoms with Crippen LogP contribution < -0.4 is 5.73 Å². The van der Waals surface area contributed by atoms with Gasteiger partial charge in [-0.15, -0.1) is 0 Å². The van der Waals surface area contributed by atoms with Crippen LogP contribution in [0, 0.1) is 0 Å². The summed E-state index contributed by atoms with van der Waals surface area (Å²) in [6.07, 6.45) is 2.41. The molecule has 0 aliphatic carbocycles. The molecule has 0 atom stereocenters. The van der Waals surface area contributed by atoms with Gasteiger partial charge in [0.15, 0.2) is 5.69 Å². The highest BCUT2D eigenvalue weighted by Gasteiger charge is 2.14. The van der Waals surface area contributed by atoms with Gasteiger partial charge in [0.2, 0.25) is 0 Å². The summed E-state index contributed by atoms with van der Waals surface area (Å²) in [7, 11) is 0. The minimum atomic E-state index is -0.463. The number of pyridine rings is 1. The molecule has 17 heavy (non-hydrogen) atoms. The number of nitrogens with zero attached hydrogens (tertiary/aromatic N) is 1. The molecule has 0 amide bonds. The molecule has 1 aromatic heterocycles. The average molecular weight is 230 g/mol. The van der Waals surface area contributed by atoms with E-state index in [1.54, 1.807) is 6.20 Å². The second-order valence-electron chi connectivity index (χ2n) is 3.74. The van der Waals surface area contributed by atoms with E-state index in [9.17, 15) is 4.79 Å². The molecule has 2 aromatic rings. The van der Waals surface area contributed by atoms with Gasteiger partial charge in [0.1, 0.15) is 0 Å². The predicted octanol–water partition coefficient (Wildman–Crippen LogP) is 2.38. The molecule has 0 fully saturated rings. The third-order valence-corrected chi connectivity index (χ3v) is 2.47. The Morgan fingerprint density at radius 2 is 2.18 bits per heavy atom. The number of hydrogen-bond acceptors (Lipinski definition) is 4. The van der Waals surface area contributed by atoms with Gasteiger partial charge in [-0.25, -0.2) is 9.78 Å². The highest BCUT2D eigenvalue weighted by Crippen LogP contribution is 2.23. The Bertz CT molecular complexity index is 552. The van der Waals surface area contributed by atoms with Gasteiger partial charge in [-0.3, -0.25) is 0 Å². The molecule has 4 nitrogen and oxygen atoms in total. The third kappa shape index (κ3) is 2.20. The molecule has 0 saturated carbocycles. The van der Waals surface area contributed by atoms with Crippen LogP contribution in [0.4, 0.5) is 5.69 Å². The molecule has 88 valence electrons. The number of aromatic nitrogens is 1. The first kappa shape index (κ1) is 11.4. The Labute approximate surface area is 99.4 Å². The minimum Gasteiger partial charge on any atom is -0.461 e. The van der Waals surface area contributed by atoms with Crippen LogP contribution in [0.2, 0.25) is 0 Å². The number of carbonyl (C=O) groups excluding carboxylic acids is 1. The van der Waals surface area contributed by atoms with E-state index in [4.69, 9.17) is 10.5 Å². The first-order valence-corrected chi connectivity index (χ1v) is 5.54. The van der Waals surface area contributed by atoms with E-state index in [2.05, 4.69) is 4.98 Å². The molecule has 0 radical (unpaired) electrons. The van der Waals surface area contributed by atoms with Gasteiger partial charge in [0, 0.05) is 17.0 Å². The second-order valence-corrected chi connectivity index (χ2v) is 3.74. The zero-order valence-corrected chi connectivity index (χ0v) is 9.64. The van der Waals surface area contributed by atoms with Crippen LogP contribution in [0.5, 0.6) is 0 Å². The van der Waals surface area contributed by atoms with Crippen molar-refractivity contribution >= 4 is 22.4 Å². The number of esters is 1. The third-order valence-electron chi connectivity index (χ3n) is 2.47. The van der Waals surface area contributed by atoms with Crippen LogP contribution in [0.25, 0.3) is 10.8 Å². The maximum Gasteiger partial charge on any atom is 0.359 e. The fourth-order valence-corrected chi connectivity index (χ4v) is 1.61. The highest BCUT2D eigenvalue weighted by molar-refractivity contribution is 6.03. The van der Waals surface area contributed by atoms with Crippen molar-refractivity contribution in [3.63, 3.8) is 0 Å². The van der Waals surface area contributed by atoms with E-state index in [1.807, 2.05) is 31.2 Å². The number of anilines is 1. The fraction of sp³-hybridized carbons (Fsp3) is 0.231. The molecule has 0 unspecified atom stereocenters. The lowest BCUT2D eigenvalue weighted by molar-refractivity contribution is 0.0500. The predicted molar refractivity (Wildman–Crippen MR) is 66.7 cm³/mol. The summed E-state index contributed by atoms with van der Waals surface area (Å²) in [4.78, 5) is 15.8. The summed E-state index contributed by atoms with van der Waals surface area (Å²) in [6, 6.07) is 7.54. The van der Waals surface area contributed by atoms with Gasteiger partial charge in [-0.05, 0) is 6.42 Å². The Kier molecular flexibility index (Phi) is 3.23. The van der Waals surface area contributed by atoms with Crippen molar-refractivity contribution < 1.29 is 9.53 Å². The molecule has 0 aliphatic rings. The van der Waals surface area contributed by atoms with Crippen LogP contribution in [-0.2, 0) is 4.74 Å². The molecule has 2 N–H and O–H groups in total. The van der Waals surface area contributed by atoms with E-state index in [0.717, 1.165) is 17.2 Å². The van der Waals surface area contributed by atoms with Crippen molar-refractivity contribution in [2.24, 2.45) is 0 Å². The van der Waals surface area contributed by atoms with Gasteiger partial charge >= 0.3 is 5.97 Å². The van der Waals surface area contributed by atoms with Crippen molar-refractivity contribution in [2.45, 2.75) is 13.3 Å². The number of ether oxygens (including phenoxy) is 1. The number of carbonyl (C=O) groups is 1. The summed E-state index contributed by atoms with van der Waals surface area (Å²) < 4.78 is 5.03. The Morgan fingerprint density at radius 3 is 2.94 bits per heavy atom. The number of fused-ring (bicyclic) bond motifs is 1. The molecule has 4 heteroatoms. The van der Waals surface area contributed by atoms with Gasteiger partial charge in [-0.2, -0.15) is 0 Å². The summed E-state index contributed by atoms with van der Waals surface area (Å²) in [5.74, 6) is -0.463. The summed E-state index contributed by atoms with van der Waals surface area (Å²) in [5.41, 5.74) is 6.50. The number of benzene rings is 1. The molecular formula is C13H14N2O2. The lowest BCUT2D eigenvalue weighted by atomic mass is 10.1. The topological polar surface area (TPSA) is 65.2 Å². The normalized spacial score (nSPS) is 10.4. The van der Waals surface area contributed by atoms with Crippen LogP contribution >= 0.6 is 0 Å². The molecule has 0 aliphatic heterocycles. The fourth-order valence-electron chi connectivity index (χ4n) is 1.61. The summed E-state index contributed by atoms with van der Waals surface area (Å²) >= 11 is 0. The van der Waals surface area contributed by atoms with Crippen molar-refractivity contribution in [1.82, 2.24) is 4.98 Å². The standard InChI is InChI=1S/C13H14N2O2/c1-2-7-17-13(16)12-11(14)10-6-4-3-5-9(10)8-15-12/h3-6,8H,2,7,14H2,1H3. The summed E-state index contributed by atoms with van der Waals surface area (Å²) in [5, 5.41) is 1.74. The zero-order chi connectivity index (χ0) is 12.3. The van der Waals surface area contributed by atoms with E-state index in [1.165, 1.54) is 0 Å². The van der Waals surface area contributed by atoms with Crippen LogP contribution in [-0.4, -0.2) is 17.6 Å². The molecule has 1 aromatic carbocycles. The Morgan fingerprint density at radius 1 is 1.41 bits per heavy atom. The molecule has 0 saturated heterocycles. The number of hydrogen-bond donors (Lipinski definition) is 1. The number of nitrogen functional groups attached to an aromatic ring is 1. The van der Waals surface area contributed by atoms with Gasteiger partial charge < -0.3 is 10.5 Å². The molecular weight excluding hydrogens is 216 g/mol. The summed E-state index contributed by atoms with van der Waals surface area (Å²) in [6.45, 7) is 2.32. The quantitative estimate of drug-likeness (QED) is 0.822. The van der Waals surface area contributed by atoms with Crippen LogP contribution in [0.1, 0.15) is 23.8 Å².